The Morgan fingerprint density at radius 2 is 1.32 bits per heavy atom. The zero-order valence-electron chi connectivity index (χ0n) is 11.6. The third-order valence-corrected chi connectivity index (χ3v) is 3.96. The van der Waals surface area contributed by atoms with Crippen LogP contribution in [0.25, 0.3) is 22.4 Å². The fraction of sp³-hybridized carbons (Fsp3) is 0.0556. The molecule has 0 bridgehead atoms. The summed E-state index contributed by atoms with van der Waals surface area (Å²) in [5.74, 6) is -0.729. The first-order valence-electron chi connectivity index (χ1n) is 6.76. The molecule has 0 unspecified atom stereocenters. The Kier molecular flexibility index (Phi) is 4.29. The van der Waals surface area contributed by atoms with E-state index in [0.717, 1.165) is 5.69 Å². The highest BCUT2D eigenvalue weighted by Crippen LogP contribution is 2.33. The maximum absolute atomic E-state index is 14.2. The maximum Gasteiger partial charge on any atom is 0.132 e. The lowest BCUT2D eigenvalue weighted by molar-refractivity contribution is 0.628. The van der Waals surface area contributed by atoms with E-state index in [1.54, 1.807) is 48.5 Å². The fourth-order valence-corrected chi connectivity index (χ4v) is 2.64. The van der Waals surface area contributed by atoms with Crippen molar-refractivity contribution in [2.75, 3.05) is 0 Å². The van der Waals surface area contributed by atoms with Crippen LogP contribution in [0.4, 0.5) is 8.78 Å². The monoisotopic (exact) mass is 359 g/mol. The largest absolute Gasteiger partial charge is 0.251 e. The van der Waals surface area contributed by atoms with E-state index in [1.807, 2.05) is 0 Å². The number of halogens is 3. The summed E-state index contributed by atoms with van der Waals surface area (Å²) in [7, 11) is 0. The first-order valence-corrected chi connectivity index (χ1v) is 7.88. The molecule has 0 saturated carbocycles. The van der Waals surface area contributed by atoms with Gasteiger partial charge in [0.15, 0.2) is 0 Å². The molecule has 1 heterocycles. The van der Waals surface area contributed by atoms with Crippen molar-refractivity contribution in [2.24, 2.45) is 0 Å². The van der Waals surface area contributed by atoms with Gasteiger partial charge in [-0.2, -0.15) is 0 Å². The molecule has 2 aromatic carbocycles. The van der Waals surface area contributed by atoms with Crippen LogP contribution in [-0.4, -0.2) is 4.98 Å². The van der Waals surface area contributed by atoms with Gasteiger partial charge in [-0.05, 0) is 24.3 Å². The maximum atomic E-state index is 14.2. The first-order chi connectivity index (χ1) is 10.7. The molecule has 3 rings (SSSR count). The molecule has 1 nitrogen and oxygen atoms in total. The van der Waals surface area contributed by atoms with E-state index in [-0.39, 0.29) is 11.6 Å². The van der Waals surface area contributed by atoms with Gasteiger partial charge in [0.2, 0.25) is 0 Å². The second-order valence-electron chi connectivity index (χ2n) is 4.79. The number of hydrogen-bond donors (Lipinski definition) is 0. The summed E-state index contributed by atoms with van der Waals surface area (Å²) in [6.45, 7) is 0. The Hall–Kier alpha value is -2.07. The molecule has 3 aromatic rings. The molecular weight excluding hydrogens is 348 g/mol. The van der Waals surface area contributed by atoms with Crippen molar-refractivity contribution in [2.45, 2.75) is 5.33 Å². The van der Waals surface area contributed by atoms with Crippen molar-refractivity contribution in [1.82, 2.24) is 4.98 Å². The Labute approximate surface area is 135 Å². The molecule has 0 amide bonds. The van der Waals surface area contributed by atoms with Crippen molar-refractivity contribution >= 4 is 15.9 Å². The second-order valence-corrected chi connectivity index (χ2v) is 5.35. The number of aromatic nitrogens is 1. The molecule has 0 saturated heterocycles. The molecule has 1 aromatic heterocycles. The summed E-state index contributed by atoms with van der Waals surface area (Å²) >= 11 is 3.35. The number of pyridine rings is 1. The molecule has 0 N–H and O–H groups in total. The van der Waals surface area contributed by atoms with Crippen LogP contribution in [0, 0.1) is 11.6 Å². The molecule has 22 heavy (non-hydrogen) atoms. The predicted molar refractivity (Wildman–Crippen MR) is 87.7 cm³/mol. The highest BCUT2D eigenvalue weighted by atomic mass is 79.9. The van der Waals surface area contributed by atoms with Gasteiger partial charge in [0.25, 0.3) is 0 Å². The van der Waals surface area contributed by atoms with E-state index < -0.39 is 0 Å². The smallest absolute Gasteiger partial charge is 0.132 e. The number of rotatable bonds is 3. The fourth-order valence-electron chi connectivity index (χ4n) is 2.33. The molecule has 0 aliphatic rings. The van der Waals surface area contributed by atoms with Crippen LogP contribution in [0.5, 0.6) is 0 Å². The van der Waals surface area contributed by atoms with E-state index in [4.69, 9.17) is 0 Å². The van der Waals surface area contributed by atoms with Crippen LogP contribution < -0.4 is 0 Å². The quantitative estimate of drug-likeness (QED) is 0.555. The SMILES string of the molecule is Fc1ccccc1-c1ccc(CBr)nc1-c1ccccc1F. The summed E-state index contributed by atoms with van der Waals surface area (Å²) in [6.07, 6.45) is 0. The zero-order chi connectivity index (χ0) is 15.5. The van der Waals surface area contributed by atoms with Crippen LogP contribution in [-0.2, 0) is 5.33 Å². The summed E-state index contributed by atoms with van der Waals surface area (Å²) in [5.41, 5.74) is 2.56. The number of nitrogens with zero attached hydrogens (tertiary/aromatic N) is 1. The standard InChI is InChI=1S/C18H12BrF2N/c19-11-12-9-10-14(13-5-1-3-7-16(13)20)18(22-12)15-6-2-4-8-17(15)21/h1-10H,11H2. The molecule has 0 radical (unpaired) electrons. The van der Waals surface area contributed by atoms with Crippen molar-refractivity contribution in [3.63, 3.8) is 0 Å². The number of hydrogen-bond acceptors (Lipinski definition) is 1. The number of benzene rings is 2. The van der Waals surface area contributed by atoms with Gasteiger partial charge in [-0.1, -0.05) is 52.3 Å². The van der Waals surface area contributed by atoms with Crippen molar-refractivity contribution in [3.05, 3.63) is 78.0 Å². The zero-order valence-corrected chi connectivity index (χ0v) is 13.1. The Morgan fingerprint density at radius 3 is 1.91 bits per heavy atom. The third-order valence-electron chi connectivity index (χ3n) is 3.38. The summed E-state index contributed by atoms with van der Waals surface area (Å²) in [4.78, 5) is 4.49. The van der Waals surface area contributed by atoms with Crippen molar-refractivity contribution < 1.29 is 8.78 Å². The molecule has 110 valence electrons. The van der Waals surface area contributed by atoms with Crippen LogP contribution >= 0.6 is 15.9 Å². The van der Waals surface area contributed by atoms with Gasteiger partial charge >= 0.3 is 0 Å². The van der Waals surface area contributed by atoms with Crippen molar-refractivity contribution in [1.29, 1.82) is 0 Å². The third kappa shape index (κ3) is 2.79. The molecule has 0 atom stereocenters. The molecule has 0 spiro atoms. The average molecular weight is 360 g/mol. The second kappa shape index (κ2) is 6.36. The minimum Gasteiger partial charge on any atom is -0.251 e. The Morgan fingerprint density at radius 1 is 0.727 bits per heavy atom. The van der Waals surface area contributed by atoms with Gasteiger partial charge in [-0.3, -0.25) is 4.98 Å². The van der Waals surface area contributed by atoms with Gasteiger partial charge in [-0.15, -0.1) is 0 Å². The first kappa shape index (κ1) is 14.9. The minimum absolute atomic E-state index is 0.353. The minimum atomic E-state index is -0.376. The lowest BCUT2D eigenvalue weighted by atomic mass is 9.98. The van der Waals surface area contributed by atoms with E-state index in [2.05, 4.69) is 20.9 Å². The molecule has 4 heteroatoms. The van der Waals surface area contributed by atoms with Crippen LogP contribution in [0.2, 0.25) is 0 Å². The van der Waals surface area contributed by atoms with Gasteiger partial charge in [0.05, 0.1) is 11.4 Å². The van der Waals surface area contributed by atoms with Crippen LogP contribution in [0.1, 0.15) is 5.69 Å². The van der Waals surface area contributed by atoms with E-state index in [9.17, 15) is 8.78 Å². The summed E-state index contributed by atoms with van der Waals surface area (Å²) in [6, 6.07) is 16.4. The highest BCUT2D eigenvalue weighted by molar-refractivity contribution is 9.08. The lowest BCUT2D eigenvalue weighted by Gasteiger charge is -2.12. The summed E-state index contributed by atoms with van der Waals surface area (Å²) < 4.78 is 28.3. The summed E-state index contributed by atoms with van der Waals surface area (Å²) in [5, 5.41) is 0.548. The van der Waals surface area contributed by atoms with E-state index in [0.29, 0.717) is 27.7 Å². The van der Waals surface area contributed by atoms with Crippen molar-refractivity contribution in [3.8, 4) is 22.4 Å². The molecular formula is C18H12BrF2N. The number of alkyl halides is 1. The Balaban J connectivity index is 2.28. The van der Waals surface area contributed by atoms with E-state index in [1.165, 1.54) is 12.1 Å². The van der Waals surface area contributed by atoms with Gasteiger partial charge in [-0.25, -0.2) is 8.78 Å². The van der Waals surface area contributed by atoms with Gasteiger partial charge in [0.1, 0.15) is 11.6 Å². The van der Waals surface area contributed by atoms with E-state index >= 15 is 0 Å². The van der Waals surface area contributed by atoms with Crippen LogP contribution in [0.15, 0.2) is 60.7 Å². The average Bonchev–Trinajstić information content (AvgIpc) is 2.55. The van der Waals surface area contributed by atoms with Gasteiger partial charge in [0, 0.05) is 22.0 Å². The van der Waals surface area contributed by atoms with Gasteiger partial charge < -0.3 is 0 Å². The molecule has 0 fully saturated rings. The Bertz CT molecular complexity index is 818. The normalized spacial score (nSPS) is 10.7. The topological polar surface area (TPSA) is 12.9 Å². The lowest BCUT2D eigenvalue weighted by Crippen LogP contribution is -1.96. The van der Waals surface area contributed by atoms with Crippen LogP contribution in [0.3, 0.4) is 0 Å². The molecule has 0 aliphatic carbocycles. The molecule has 0 aliphatic heterocycles. The predicted octanol–water partition coefficient (Wildman–Crippen LogP) is 5.59. The highest BCUT2D eigenvalue weighted by Gasteiger charge is 2.15.